The Morgan fingerprint density at radius 1 is 1.47 bits per heavy atom. The Morgan fingerprint density at radius 3 is 2.84 bits per heavy atom. The number of hydrogen-bond acceptors (Lipinski definition) is 4. The molecule has 2 rings (SSSR count). The maximum absolute atomic E-state index is 11.5. The van der Waals surface area contributed by atoms with Gasteiger partial charge in [0.15, 0.2) is 0 Å². The van der Waals surface area contributed by atoms with Gasteiger partial charge in [-0.3, -0.25) is 14.9 Å². The minimum atomic E-state index is -0.523. The van der Waals surface area contributed by atoms with Crippen molar-refractivity contribution in [1.29, 1.82) is 0 Å². The summed E-state index contributed by atoms with van der Waals surface area (Å²) in [4.78, 5) is 23.8. The molecule has 1 aromatic carbocycles. The highest BCUT2D eigenvalue weighted by Gasteiger charge is 2.32. The maximum Gasteiger partial charge on any atom is 0.310 e. The fraction of sp³-hybridized carbons (Fsp3) is 0.417. The third kappa shape index (κ3) is 2.63. The standard InChI is InChI=1S/C12H14ClN3O3/c13-8-4-3-6-9(11(8)16(18)19)15-7-2-1-5-10(15)12(14)17/h3-4,6,10H,1-2,5,7H2,(H2,14,17). The molecule has 0 bridgehead atoms. The fourth-order valence-corrected chi connectivity index (χ4v) is 2.67. The van der Waals surface area contributed by atoms with Crippen molar-refractivity contribution in [3.8, 4) is 0 Å². The molecule has 1 unspecified atom stereocenters. The summed E-state index contributed by atoms with van der Waals surface area (Å²) in [6, 6.07) is 4.19. The second kappa shape index (κ2) is 5.44. The summed E-state index contributed by atoms with van der Waals surface area (Å²) >= 11 is 5.89. The number of benzene rings is 1. The van der Waals surface area contributed by atoms with Crippen LogP contribution in [0.4, 0.5) is 11.4 Å². The molecular formula is C12H14ClN3O3. The summed E-state index contributed by atoms with van der Waals surface area (Å²) in [6.07, 6.45) is 2.37. The van der Waals surface area contributed by atoms with E-state index in [2.05, 4.69) is 0 Å². The van der Waals surface area contributed by atoms with Gasteiger partial charge in [-0.15, -0.1) is 0 Å². The van der Waals surface area contributed by atoms with E-state index in [1.54, 1.807) is 17.0 Å². The van der Waals surface area contributed by atoms with Gasteiger partial charge < -0.3 is 10.6 Å². The number of primary amides is 1. The molecule has 1 heterocycles. The number of nitro groups is 1. The van der Waals surface area contributed by atoms with Gasteiger partial charge in [0.25, 0.3) is 0 Å². The van der Waals surface area contributed by atoms with E-state index in [1.165, 1.54) is 6.07 Å². The van der Waals surface area contributed by atoms with Crippen LogP contribution in [0.5, 0.6) is 0 Å². The molecule has 0 aliphatic carbocycles. The Hall–Kier alpha value is -1.82. The molecule has 1 fully saturated rings. The van der Waals surface area contributed by atoms with Gasteiger partial charge in [-0.05, 0) is 31.4 Å². The number of carbonyl (C=O) groups is 1. The normalized spacial score (nSPS) is 19.2. The molecule has 0 radical (unpaired) electrons. The smallest absolute Gasteiger partial charge is 0.310 e. The van der Waals surface area contributed by atoms with Gasteiger partial charge in [-0.1, -0.05) is 17.7 Å². The monoisotopic (exact) mass is 283 g/mol. The number of para-hydroxylation sites is 1. The maximum atomic E-state index is 11.5. The van der Waals surface area contributed by atoms with Crippen molar-refractivity contribution < 1.29 is 9.72 Å². The Morgan fingerprint density at radius 2 is 2.21 bits per heavy atom. The molecule has 1 amide bonds. The average Bonchev–Trinajstić information content (AvgIpc) is 2.37. The number of nitrogens with two attached hydrogens (primary N) is 1. The second-order valence-corrected chi connectivity index (χ2v) is 4.88. The number of amides is 1. The summed E-state index contributed by atoms with van der Waals surface area (Å²) in [5, 5.41) is 11.2. The van der Waals surface area contributed by atoms with Crippen molar-refractivity contribution >= 4 is 28.9 Å². The minimum Gasteiger partial charge on any atom is -0.368 e. The molecule has 1 atom stereocenters. The zero-order valence-electron chi connectivity index (χ0n) is 10.2. The minimum absolute atomic E-state index is 0.0660. The largest absolute Gasteiger partial charge is 0.368 e. The molecule has 2 N–H and O–H groups in total. The number of carbonyl (C=O) groups excluding carboxylic acids is 1. The summed E-state index contributed by atoms with van der Waals surface area (Å²) < 4.78 is 0. The Bertz CT molecular complexity index is 521. The van der Waals surface area contributed by atoms with Gasteiger partial charge in [-0.2, -0.15) is 0 Å². The van der Waals surface area contributed by atoms with Crippen molar-refractivity contribution in [2.24, 2.45) is 5.73 Å². The van der Waals surface area contributed by atoms with E-state index in [0.29, 0.717) is 18.7 Å². The van der Waals surface area contributed by atoms with E-state index in [4.69, 9.17) is 17.3 Å². The van der Waals surface area contributed by atoms with Crippen LogP contribution in [0.25, 0.3) is 0 Å². The predicted octanol–water partition coefficient (Wildman–Crippen LogP) is 2.09. The fourth-order valence-electron chi connectivity index (χ4n) is 2.43. The molecule has 6 nitrogen and oxygen atoms in total. The first-order valence-electron chi connectivity index (χ1n) is 6.01. The lowest BCUT2D eigenvalue weighted by Gasteiger charge is -2.35. The molecule has 0 saturated carbocycles. The van der Waals surface area contributed by atoms with Gasteiger partial charge in [0, 0.05) is 6.54 Å². The van der Waals surface area contributed by atoms with Gasteiger partial charge in [0.2, 0.25) is 5.91 Å². The van der Waals surface area contributed by atoms with Crippen LogP contribution in [0.2, 0.25) is 5.02 Å². The zero-order chi connectivity index (χ0) is 14.0. The Balaban J connectivity index is 2.47. The first-order valence-corrected chi connectivity index (χ1v) is 6.39. The summed E-state index contributed by atoms with van der Waals surface area (Å²) in [6.45, 7) is 0.564. The first-order chi connectivity index (χ1) is 9.02. The van der Waals surface area contributed by atoms with Crippen molar-refractivity contribution in [2.45, 2.75) is 25.3 Å². The zero-order valence-corrected chi connectivity index (χ0v) is 11.0. The van der Waals surface area contributed by atoms with Crippen LogP contribution >= 0.6 is 11.6 Å². The van der Waals surface area contributed by atoms with Crippen molar-refractivity contribution in [2.75, 3.05) is 11.4 Å². The molecule has 102 valence electrons. The predicted molar refractivity (Wildman–Crippen MR) is 72.3 cm³/mol. The Labute approximate surface area is 115 Å². The van der Waals surface area contributed by atoms with Crippen molar-refractivity contribution in [3.63, 3.8) is 0 Å². The number of halogens is 1. The molecule has 0 spiro atoms. The van der Waals surface area contributed by atoms with Crippen LogP contribution in [0.1, 0.15) is 19.3 Å². The lowest BCUT2D eigenvalue weighted by molar-refractivity contribution is -0.384. The van der Waals surface area contributed by atoms with Crippen molar-refractivity contribution in [3.05, 3.63) is 33.3 Å². The highest BCUT2D eigenvalue weighted by atomic mass is 35.5. The first kappa shape index (κ1) is 13.6. The quantitative estimate of drug-likeness (QED) is 0.679. The molecule has 0 aromatic heterocycles. The average molecular weight is 284 g/mol. The van der Waals surface area contributed by atoms with Crippen LogP contribution in [-0.4, -0.2) is 23.4 Å². The van der Waals surface area contributed by atoms with E-state index in [-0.39, 0.29) is 10.7 Å². The molecule has 1 aromatic rings. The lowest BCUT2D eigenvalue weighted by atomic mass is 10.0. The molecule has 1 saturated heterocycles. The lowest BCUT2D eigenvalue weighted by Crippen LogP contribution is -2.48. The number of nitro benzene ring substituents is 1. The van der Waals surface area contributed by atoms with Crippen LogP contribution in [0, 0.1) is 10.1 Å². The van der Waals surface area contributed by atoms with E-state index >= 15 is 0 Å². The van der Waals surface area contributed by atoms with Gasteiger partial charge >= 0.3 is 5.69 Å². The summed E-state index contributed by atoms with van der Waals surface area (Å²) in [5.41, 5.74) is 5.57. The van der Waals surface area contributed by atoms with Gasteiger partial charge in [0.1, 0.15) is 16.8 Å². The van der Waals surface area contributed by atoms with Crippen LogP contribution < -0.4 is 10.6 Å². The number of piperidine rings is 1. The second-order valence-electron chi connectivity index (χ2n) is 4.47. The van der Waals surface area contributed by atoms with Crippen LogP contribution in [-0.2, 0) is 4.79 Å². The Kier molecular flexibility index (Phi) is 3.90. The summed E-state index contributed by atoms with van der Waals surface area (Å²) in [7, 11) is 0. The third-order valence-corrected chi connectivity index (χ3v) is 3.59. The van der Waals surface area contributed by atoms with Crippen LogP contribution in [0.15, 0.2) is 18.2 Å². The van der Waals surface area contributed by atoms with E-state index in [1.807, 2.05) is 0 Å². The molecule has 1 aliphatic heterocycles. The number of anilines is 1. The van der Waals surface area contributed by atoms with Crippen LogP contribution in [0.3, 0.4) is 0 Å². The summed E-state index contributed by atoms with van der Waals surface area (Å²) in [5.74, 6) is -0.464. The van der Waals surface area contributed by atoms with Gasteiger partial charge in [-0.25, -0.2) is 0 Å². The molecule has 1 aliphatic rings. The van der Waals surface area contributed by atoms with E-state index in [9.17, 15) is 14.9 Å². The van der Waals surface area contributed by atoms with Gasteiger partial charge in [0.05, 0.1) is 4.92 Å². The topological polar surface area (TPSA) is 89.5 Å². The van der Waals surface area contributed by atoms with E-state index < -0.39 is 16.9 Å². The molecule has 7 heteroatoms. The highest BCUT2D eigenvalue weighted by Crippen LogP contribution is 2.37. The highest BCUT2D eigenvalue weighted by molar-refractivity contribution is 6.33. The van der Waals surface area contributed by atoms with Crippen molar-refractivity contribution in [1.82, 2.24) is 0 Å². The molecule has 19 heavy (non-hydrogen) atoms. The van der Waals surface area contributed by atoms with E-state index in [0.717, 1.165) is 12.8 Å². The third-order valence-electron chi connectivity index (χ3n) is 3.29. The number of rotatable bonds is 3. The number of hydrogen-bond donors (Lipinski definition) is 1. The SMILES string of the molecule is NC(=O)C1CCCCN1c1cccc(Cl)c1[N+](=O)[O-]. The number of nitrogens with zero attached hydrogens (tertiary/aromatic N) is 2. The molecular weight excluding hydrogens is 270 g/mol.